The van der Waals surface area contributed by atoms with Gasteiger partial charge in [0, 0.05) is 18.9 Å². The zero-order chi connectivity index (χ0) is 17.9. The molecule has 25 heavy (non-hydrogen) atoms. The van der Waals surface area contributed by atoms with Crippen LogP contribution in [0.3, 0.4) is 0 Å². The first-order valence-corrected chi connectivity index (χ1v) is 8.89. The third-order valence-corrected chi connectivity index (χ3v) is 4.73. The summed E-state index contributed by atoms with van der Waals surface area (Å²) in [5.41, 5.74) is 0.427. The van der Waals surface area contributed by atoms with Crippen molar-refractivity contribution in [2.75, 3.05) is 11.8 Å². The number of para-hydroxylation sites is 2. The lowest BCUT2D eigenvalue weighted by atomic mass is 10.3. The minimum atomic E-state index is -3.67. The first kappa shape index (κ1) is 16.8. The van der Waals surface area contributed by atoms with Crippen molar-refractivity contribution in [1.29, 1.82) is 0 Å². The van der Waals surface area contributed by atoms with Crippen molar-refractivity contribution in [3.05, 3.63) is 60.9 Å². The summed E-state index contributed by atoms with van der Waals surface area (Å²) < 4.78 is 39.4. The molecule has 0 fully saturated rings. The van der Waals surface area contributed by atoms with Crippen LogP contribution in [-0.2, 0) is 17.1 Å². The molecular formula is C17H17N3O4S. The zero-order valence-corrected chi connectivity index (χ0v) is 14.5. The lowest BCUT2D eigenvalue weighted by molar-refractivity contribution is 0.379. The Morgan fingerprint density at radius 1 is 1.04 bits per heavy atom. The second-order valence-corrected chi connectivity index (χ2v) is 6.91. The molecule has 0 aliphatic carbocycles. The summed E-state index contributed by atoms with van der Waals surface area (Å²) in [5, 5.41) is 3.87. The molecule has 3 aromatic rings. The average molecular weight is 359 g/mol. The summed E-state index contributed by atoms with van der Waals surface area (Å²) in [6, 6.07) is 13.9. The van der Waals surface area contributed by atoms with Crippen molar-refractivity contribution in [1.82, 2.24) is 9.78 Å². The predicted octanol–water partition coefficient (Wildman–Crippen LogP) is 3.02. The molecule has 1 aromatic heterocycles. The summed E-state index contributed by atoms with van der Waals surface area (Å²) in [7, 11) is -0.445. The van der Waals surface area contributed by atoms with Gasteiger partial charge in [-0.25, -0.2) is 8.42 Å². The highest BCUT2D eigenvalue weighted by Gasteiger charge is 2.16. The van der Waals surface area contributed by atoms with Crippen LogP contribution in [0.25, 0.3) is 0 Å². The lowest BCUT2D eigenvalue weighted by Gasteiger charge is -2.11. The number of aryl methyl sites for hydroxylation is 1. The molecule has 1 N–H and O–H groups in total. The molecule has 0 spiro atoms. The average Bonchev–Trinajstić information content (AvgIpc) is 3.04. The molecule has 0 saturated heterocycles. The second-order valence-electron chi connectivity index (χ2n) is 5.23. The van der Waals surface area contributed by atoms with Crippen molar-refractivity contribution in [2.45, 2.75) is 4.90 Å². The van der Waals surface area contributed by atoms with E-state index in [1.807, 2.05) is 12.1 Å². The smallest absolute Gasteiger partial charge is 0.265 e. The number of rotatable bonds is 6. The van der Waals surface area contributed by atoms with Gasteiger partial charge in [0.1, 0.15) is 10.6 Å². The lowest BCUT2D eigenvalue weighted by Crippen LogP contribution is -2.12. The van der Waals surface area contributed by atoms with Crippen LogP contribution in [0.5, 0.6) is 17.2 Å². The van der Waals surface area contributed by atoms with Crippen molar-refractivity contribution < 1.29 is 17.9 Å². The Morgan fingerprint density at radius 3 is 2.32 bits per heavy atom. The van der Waals surface area contributed by atoms with E-state index in [0.29, 0.717) is 22.9 Å². The van der Waals surface area contributed by atoms with Crippen LogP contribution in [-0.4, -0.2) is 25.3 Å². The van der Waals surface area contributed by atoms with Gasteiger partial charge in [0.25, 0.3) is 10.0 Å². The topological polar surface area (TPSA) is 82.4 Å². The summed E-state index contributed by atoms with van der Waals surface area (Å²) in [6.07, 6.45) is 2.73. The van der Waals surface area contributed by atoms with Gasteiger partial charge in [-0.2, -0.15) is 5.10 Å². The van der Waals surface area contributed by atoms with Crippen molar-refractivity contribution in [2.24, 2.45) is 7.05 Å². The molecule has 3 rings (SSSR count). The fourth-order valence-corrected chi connectivity index (χ4v) is 3.21. The van der Waals surface area contributed by atoms with Gasteiger partial charge in [-0.1, -0.05) is 12.1 Å². The van der Waals surface area contributed by atoms with Crippen LogP contribution >= 0.6 is 0 Å². The third kappa shape index (κ3) is 3.92. The number of nitrogens with one attached hydrogen (secondary N) is 1. The van der Waals surface area contributed by atoms with Gasteiger partial charge in [0.2, 0.25) is 0 Å². The van der Waals surface area contributed by atoms with Crippen LogP contribution in [0, 0.1) is 0 Å². The Hall–Kier alpha value is -3.00. The van der Waals surface area contributed by atoms with E-state index in [0.717, 1.165) is 0 Å². The number of hydrogen-bond donors (Lipinski definition) is 1. The van der Waals surface area contributed by atoms with Gasteiger partial charge < -0.3 is 9.47 Å². The number of ether oxygens (including phenoxy) is 2. The molecule has 130 valence electrons. The largest absolute Gasteiger partial charge is 0.493 e. The van der Waals surface area contributed by atoms with E-state index in [9.17, 15) is 8.42 Å². The first-order chi connectivity index (χ1) is 12.0. The number of aromatic nitrogens is 2. The van der Waals surface area contributed by atoms with E-state index < -0.39 is 10.0 Å². The van der Waals surface area contributed by atoms with E-state index in [1.165, 1.54) is 17.1 Å². The molecule has 0 unspecified atom stereocenters. The van der Waals surface area contributed by atoms with Gasteiger partial charge in [0.15, 0.2) is 11.5 Å². The predicted molar refractivity (Wildman–Crippen MR) is 93.5 cm³/mol. The highest BCUT2D eigenvalue weighted by Crippen LogP contribution is 2.31. The van der Waals surface area contributed by atoms with Gasteiger partial charge in [-0.3, -0.25) is 9.40 Å². The Kier molecular flexibility index (Phi) is 4.62. The van der Waals surface area contributed by atoms with Crippen LogP contribution < -0.4 is 14.2 Å². The fraction of sp³-hybridized carbons (Fsp3) is 0.118. The van der Waals surface area contributed by atoms with E-state index in [1.54, 1.807) is 50.6 Å². The van der Waals surface area contributed by atoms with Crippen molar-refractivity contribution in [3.63, 3.8) is 0 Å². The summed E-state index contributed by atoms with van der Waals surface area (Å²) in [5.74, 6) is 1.76. The molecule has 0 radical (unpaired) electrons. The van der Waals surface area contributed by atoms with Crippen LogP contribution in [0.4, 0.5) is 5.69 Å². The maximum Gasteiger partial charge on any atom is 0.265 e. The van der Waals surface area contributed by atoms with E-state index in [2.05, 4.69) is 9.82 Å². The molecule has 0 saturated carbocycles. The summed E-state index contributed by atoms with van der Waals surface area (Å²) in [6.45, 7) is 0. The number of sulfonamides is 1. The highest BCUT2D eigenvalue weighted by atomic mass is 32.2. The van der Waals surface area contributed by atoms with E-state index >= 15 is 0 Å². The van der Waals surface area contributed by atoms with Crippen LogP contribution in [0.15, 0.2) is 65.8 Å². The van der Waals surface area contributed by atoms with Crippen molar-refractivity contribution in [3.8, 4) is 17.2 Å². The number of nitrogens with zero attached hydrogens (tertiary/aromatic N) is 2. The third-order valence-electron chi connectivity index (χ3n) is 3.39. The van der Waals surface area contributed by atoms with Crippen LogP contribution in [0.1, 0.15) is 0 Å². The van der Waals surface area contributed by atoms with E-state index in [4.69, 9.17) is 9.47 Å². The second kappa shape index (κ2) is 6.86. The minimum Gasteiger partial charge on any atom is -0.493 e. The van der Waals surface area contributed by atoms with Crippen molar-refractivity contribution >= 4 is 15.7 Å². The maximum atomic E-state index is 12.3. The minimum absolute atomic E-state index is 0.101. The maximum absolute atomic E-state index is 12.3. The number of hydrogen-bond acceptors (Lipinski definition) is 5. The quantitative estimate of drug-likeness (QED) is 0.731. The SMILES string of the molecule is COc1ccccc1Oc1ccc(NS(=O)(=O)c2cnn(C)c2)cc1. The Bertz CT molecular complexity index is 966. The Morgan fingerprint density at radius 2 is 1.72 bits per heavy atom. The number of anilines is 1. The van der Waals surface area contributed by atoms with Gasteiger partial charge in [0.05, 0.1) is 13.3 Å². The molecule has 0 amide bonds. The fourth-order valence-electron chi connectivity index (χ4n) is 2.17. The number of benzene rings is 2. The molecule has 0 aliphatic rings. The molecule has 0 atom stereocenters. The van der Waals surface area contributed by atoms with Gasteiger partial charge in [-0.05, 0) is 36.4 Å². The standard InChI is InChI=1S/C17H17N3O4S/c1-20-12-15(11-18-20)25(21,22)19-13-7-9-14(10-8-13)24-17-6-4-3-5-16(17)23-2/h3-12,19H,1-2H3. The Labute approximate surface area is 145 Å². The summed E-state index contributed by atoms with van der Waals surface area (Å²) in [4.78, 5) is 0.101. The summed E-state index contributed by atoms with van der Waals surface area (Å²) >= 11 is 0. The van der Waals surface area contributed by atoms with Crippen LogP contribution in [0.2, 0.25) is 0 Å². The monoisotopic (exact) mass is 359 g/mol. The normalized spacial score (nSPS) is 11.1. The molecule has 2 aromatic carbocycles. The molecular weight excluding hydrogens is 342 g/mol. The molecule has 0 bridgehead atoms. The first-order valence-electron chi connectivity index (χ1n) is 7.40. The molecule has 7 nitrogen and oxygen atoms in total. The Balaban J connectivity index is 1.74. The highest BCUT2D eigenvalue weighted by molar-refractivity contribution is 7.92. The number of methoxy groups -OCH3 is 1. The molecule has 1 heterocycles. The molecule has 8 heteroatoms. The van der Waals surface area contributed by atoms with Gasteiger partial charge >= 0.3 is 0 Å². The zero-order valence-electron chi connectivity index (χ0n) is 13.7. The molecule has 0 aliphatic heterocycles. The van der Waals surface area contributed by atoms with Gasteiger partial charge in [-0.15, -0.1) is 0 Å². The van der Waals surface area contributed by atoms with E-state index in [-0.39, 0.29) is 4.90 Å².